The van der Waals surface area contributed by atoms with Crippen molar-refractivity contribution < 1.29 is 4.74 Å². The molecule has 0 spiro atoms. The molecule has 0 aromatic rings. The lowest BCUT2D eigenvalue weighted by Gasteiger charge is -2.37. The summed E-state index contributed by atoms with van der Waals surface area (Å²) in [5, 5.41) is 0. The topological polar surface area (TPSA) is 35.2 Å². The van der Waals surface area contributed by atoms with E-state index in [1.165, 1.54) is 19.3 Å². The van der Waals surface area contributed by atoms with Gasteiger partial charge in [-0.25, -0.2) is 0 Å². The third kappa shape index (κ3) is 1.99. The van der Waals surface area contributed by atoms with Crippen molar-refractivity contribution in [2.45, 2.75) is 50.7 Å². The minimum atomic E-state index is 0.110. The molecule has 2 nitrogen and oxygen atoms in total. The Labute approximate surface area is 74.5 Å². The van der Waals surface area contributed by atoms with Crippen LogP contribution in [-0.4, -0.2) is 18.2 Å². The SMILES string of the molecule is CC1(CC2CC2)CC(N)CCO1. The normalized spacial score (nSPS) is 43.0. The van der Waals surface area contributed by atoms with Gasteiger partial charge in [-0.15, -0.1) is 0 Å². The number of nitrogens with two attached hydrogens (primary N) is 1. The van der Waals surface area contributed by atoms with Crippen molar-refractivity contribution >= 4 is 0 Å². The van der Waals surface area contributed by atoms with Crippen LogP contribution in [0.25, 0.3) is 0 Å². The molecule has 2 aliphatic rings. The Hall–Kier alpha value is -0.0800. The summed E-state index contributed by atoms with van der Waals surface area (Å²) >= 11 is 0. The lowest BCUT2D eigenvalue weighted by atomic mass is 9.88. The van der Waals surface area contributed by atoms with Gasteiger partial charge in [-0.3, -0.25) is 0 Å². The monoisotopic (exact) mass is 169 g/mol. The molecule has 1 aliphatic heterocycles. The van der Waals surface area contributed by atoms with E-state index in [1.807, 2.05) is 0 Å². The summed E-state index contributed by atoms with van der Waals surface area (Å²) in [4.78, 5) is 0. The summed E-state index contributed by atoms with van der Waals surface area (Å²) in [6.45, 7) is 3.09. The first-order chi connectivity index (χ1) is 5.68. The second kappa shape index (κ2) is 3.00. The second-order valence-electron chi connectivity index (χ2n) is 4.70. The fourth-order valence-electron chi connectivity index (χ4n) is 2.25. The Morgan fingerprint density at radius 3 is 2.75 bits per heavy atom. The Balaban J connectivity index is 1.88. The first kappa shape index (κ1) is 8.52. The number of ether oxygens (including phenoxy) is 1. The van der Waals surface area contributed by atoms with Crippen LogP contribution in [0.3, 0.4) is 0 Å². The molecule has 1 aliphatic carbocycles. The molecule has 2 N–H and O–H groups in total. The molecule has 0 amide bonds. The molecule has 2 heteroatoms. The molecule has 2 rings (SSSR count). The van der Waals surface area contributed by atoms with Gasteiger partial charge in [0, 0.05) is 12.6 Å². The molecule has 1 saturated heterocycles. The van der Waals surface area contributed by atoms with E-state index in [-0.39, 0.29) is 5.60 Å². The van der Waals surface area contributed by atoms with Gasteiger partial charge in [0.25, 0.3) is 0 Å². The van der Waals surface area contributed by atoms with Gasteiger partial charge in [-0.2, -0.15) is 0 Å². The van der Waals surface area contributed by atoms with Crippen molar-refractivity contribution in [3.8, 4) is 0 Å². The lowest BCUT2D eigenvalue weighted by molar-refractivity contribution is -0.0794. The quantitative estimate of drug-likeness (QED) is 0.682. The summed E-state index contributed by atoms with van der Waals surface area (Å²) in [6, 6.07) is 0.377. The largest absolute Gasteiger partial charge is 0.375 e. The van der Waals surface area contributed by atoms with Crippen LogP contribution in [0, 0.1) is 5.92 Å². The van der Waals surface area contributed by atoms with Gasteiger partial charge in [-0.05, 0) is 32.1 Å². The van der Waals surface area contributed by atoms with Crippen LogP contribution in [0.2, 0.25) is 0 Å². The Bertz CT molecular complexity index is 163. The van der Waals surface area contributed by atoms with Crippen LogP contribution in [0.15, 0.2) is 0 Å². The molecule has 0 aromatic heterocycles. The molecule has 0 aromatic carbocycles. The fraction of sp³-hybridized carbons (Fsp3) is 1.00. The van der Waals surface area contributed by atoms with Gasteiger partial charge in [0.15, 0.2) is 0 Å². The van der Waals surface area contributed by atoms with Crippen LogP contribution in [0.4, 0.5) is 0 Å². The minimum Gasteiger partial charge on any atom is -0.375 e. The average Bonchev–Trinajstić information content (AvgIpc) is 2.69. The summed E-state index contributed by atoms with van der Waals surface area (Å²) < 4.78 is 5.81. The highest BCUT2D eigenvalue weighted by Crippen LogP contribution is 2.40. The number of rotatable bonds is 2. The Morgan fingerprint density at radius 1 is 1.42 bits per heavy atom. The maximum absolute atomic E-state index is 5.93. The van der Waals surface area contributed by atoms with Crippen molar-refractivity contribution in [2.75, 3.05) is 6.61 Å². The standard InChI is InChI=1S/C10H19NO/c1-10(6-8-2-3-8)7-9(11)4-5-12-10/h8-9H,2-7,11H2,1H3. The molecule has 0 radical (unpaired) electrons. The van der Waals surface area contributed by atoms with E-state index < -0.39 is 0 Å². The van der Waals surface area contributed by atoms with Gasteiger partial charge in [0.05, 0.1) is 5.60 Å². The highest BCUT2D eigenvalue weighted by atomic mass is 16.5. The predicted molar refractivity (Wildman–Crippen MR) is 48.9 cm³/mol. The zero-order valence-corrected chi connectivity index (χ0v) is 7.88. The maximum atomic E-state index is 5.93. The van der Waals surface area contributed by atoms with Crippen molar-refractivity contribution in [1.29, 1.82) is 0 Å². The first-order valence-corrected chi connectivity index (χ1v) is 5.07. The smallest absolute Gasteiger partial charge is 0.0671 e. The first-order valence-electron chi connectivity index (χ1n) is 5.07. The summed E-state index contributed by atoms with van der Waals surface area (Å²) in [7, 11) is 0. The van der Waals surface area contributed by atoms with Gasteiger partial charge < -0.3 is 10.5 Å². The van der Waals surface area contributed by atoms with Gasteiger partial charge in [0.1, 0.15) is 0 Å². The van der Waals surface area contributed by atoms with E-state index >= 15 is 0 Å². The van der Waals surface area contributed by atoms with Crippen molar-refractivity contribution in [3.63, 3.8) is 0 Å². The third-order valence-electron chi connectivity index (χ3n) is 3.05. The molecule has 2 unspecified atom stereocenters. The fourth-order valence-corrected chi connectivity index (χ4v) is 2.25. The molecule has 2 fully saturated rings. The Kier molecular flexibility index (Phi) is 2.13. The number of hydrogen-bond acceptors (Lipinski definition) is 2. The van der Waals surface area contributed by atoms with Gasteiger partial charge in [0.2, 0.25) is 0 Å². The highest BCUT2D eigenvalue weighted by molar-refractivity contribution is 4.90. The summed E-state index contributed by atoms with van der Waals surface area (Å²) in [5.74, 6) is 0.945. The molecule has 2 atom stereocenters. The van der Waals surface area contributed by atoms with Crippen LogP contribution in [0.5, 0.6) is 0 Å². The molecule has 0 bridgehead atoms. The summed E-state index contributed by atoms with van der Waals surface area (Å²) in [6.07, 6.45) is 6.16. The van der Waals surface area contributed by atoms with E-state index in [4.69, 9.17) is 10.5 Å². The Morgan fingerprint density at radius 2 is 2.17 bits per heavy atom. The molecule has 1 heterocycles. The predicted octanol–water partition coefficient (Wildman–Crippen LogP) is 1.68. The molecule has 70 valence electrons. The molecular weight excluding hydrogens is 150 g/mol. The molecular formula is C10H19NO. The van der Waals surface area contributed by atoms with Gasteiger partial charge >= 0.3 is 0 Å². The van der Waals surface area contributed by atoms with Crippen LogP contribution in [-0.2, 0) is 4.74 Å². The van der Waals surface area contributed by atoms with Crippen LogP contribution in [0.1, 0.15) is 39.0 Å². The second-order valence-corrected chi connectivity index (χ2v) is 4.70. The van der Waals surface area contributed by atoms with E-state index in [9.17, 15) is 0 Å². The van der Waals surface area contributed by atoms with Crippen molar-refractivity contribution in [2.24, 2.45) is 11.7 Å². The zero-order valence-electron chi connectivity index (χ0n) is 7.88. The van der Waals surface area contributed by atoms with E-state index in [2.05, 4.69) is 6.92 Å². The van der Waals surface area contributed by atoms with Crippen molar-refractivity contribution in [1.82, 2.24) is 0 Å². The van der Waals surface area contributed by atoms with E-state index in [0.29, 0.717) is 6.04 Å². The van der Waals surface area contributed by atoms with Gasteiger partial charge in [-0.1, -0.05) is 12.8 Å². The van der Waals surface area contributed by atoms with Crippen LogP contribution >= 0.6 is 0 Å². The van der Waals surface area contributed by atoms with E-state index in [0.717, 1.165) is 25.4 Å². The lowest BCUT2D eigenvalue weighted by Crippen LogP contribution is -2.43. The maximum Gasteiger partial charge on any atom is 0.0671 e. The molecule has 12 heavy (non-hydrogen) atoms. The molecule has 1 saturated carbocycles. The summed E-state index contributed by atoms with van der Waals surface area (Å²) in [5.41, 5.74) is 6.04. The minimum absolute atomic E-state index is 0.110. The third-order valence-corrected chi connectivity index (χ3v) is 3.05. The zero-order chi connectivity index (χ0) is 8.60. The highest BCUT2D eigenvalue weighted by Gasteiger charge is 2.37. The number of hydrogen-bond donors (Lipinski definition) is 1. The van der Waals surface area contributed by atoms with Crippen LogP contribution < -0.4 is 5.73 Å². The van der Waals surface area contributed by atoms with E-state index in [1.54, 1.807) is 0 Å². The average molecular weight is 169 g/mol. The van der Waals surface area contributed by atoms with Crippen molar-refractivity contribution in [3.05, 3.63) is 0 Å².